The fraction of sp³-hybridized carbons (Fsp3) is 0.588. The molecule has 1 fully saturated rings. The minimum absolute atomic E-state index is 0.00598. The molecule has 1 aromatic rings. The van der Waals surface area contributed by atoms with Crippen LogP contribution in [-0.4, -0.2) is 28.6 Å². The Bertz CT molecular complexity index is 456. The van der Waals surface area contributed by atoms with E-state index in [1.807, 2.05) is 29.2 Å². The van der Waals surface area contributed by atoms with Crippen molar-refractivity contribution >= 4 is 11.7 Å². The largest absolute Gasteiger partial charge is 0.389 e. The summed E-state index contributed by atoms with van der Waals surface area (Å²) in [5.74, 6) is 0. The molecule has 0 radical (unpaired) electrons. The maximum atomic E-state index is 12.5. The Hall–Kier alpha value is -1.55. The summed E-state index contributed by atoms with van der Waals surface area (Å²) in [5, 5.41) is 12.5. The highest BCUT2D eigenvalue weighted by atomic mass is 16.3. The van der Waals surface area contributed by atoms with Crippen molar-refractivity contribution in [2.45, 2.75) is 58.1 Å². The van der Waals surface area contributed by atoms with Gasteiger partial charge >= 0.3 is 6.03 Å². The Labute approximate surface area is 127 Å². The summed E-state index contributed by atoms with van der Waals surface area (Å²) < 4.78 is 0. The summed E-state index contributed by atoms with van der Waals surface area (Å²) >= 11 is 0. The van der Waals surface area contributed by atoms with Crippen LogP contribution >= 0.6 is 0 Å². The van der Waals surface area contributed by atoms with Crippen molar-refractivity contribution < 1.29 is 9.90 Å². The number of amides is 2. The number of nitrogens with one attached hydrogen (secondary N) is 1. The lowest BCUT2D eigenvalue weighted by Crippen LogP contribution is -2.42. The lowest BCUT2D eigenvalue weighted by atomic mass is 10.1. The van der Waals surface area contributed by atoms with Gasteiger partial charge in [-0.05, 0) is 43.9 Å². The number of nitrogens with zero attached hydrogens (tertiary/aromatic N) is 1. The van der Waals surface area contributed by atoms with E-state index >= 15 is 0 Å². The maximum Gasteiger partial charge on any atom is 0.322 e. The molecule has 1 aromatic carbocycles. The minimum Gasteiger partial charge on any atom is -0.389 e. The quantitative estimate of drug-likeness (QED) is 0.886. The SMILES string of the molecule is CCC1CCCCCN1C(=O)Nc1ccc(C(C)O)cc1. The van der Waals surface area contributed by atoms with Crippen LogP contribution in [0.5, 0.6) is 0 Å². The molecular formula is C17H26N2O2. The standard InChI is InChI=1S/C17H26N2O2/c1-3-16-7-5-4-6-12-19(16)17(21)18-15-10-8-14(9-11-15)13(2)20/h8-11,13,16,20H,3-7,12H2,1-2H3,(H,18,21). The van der Waals surface area contributed by atoms with Crippen molar-refractivity contribution in [1.29, 1.82) is 0 Å². The first-order chi connectivity index (χ1) is 10.1. The smallest absolute Gasteiger partial charge is 0.322 e. The van der Waals surface area contributed by atoms with Crippen LogP contribution in [0.1, 0.15) is 57.6 Å². The molecule has 2 atom stereocenters. The van der Waals surface area contributed by atoms with Gasteiger partial charge in [-0.1, -0.05) is 31.9 Å². The van der Waals surface area contributed by atoms with E-state index in [-0.39, 0.29) is 6.03 Å². The number of aliphatic hydroxyl groups is 1. The minimum atomic E-state index is -0.482. The van der Waals surface area contributed by atoms with Crippen LogP contribution in [-0.2, 0) is 0 Å². The highest BCUT2D eigenvalue weighted by Gasteiger charge is 2.23. The third-order valence-corrected chi connectivity index (χ3v) is 4.25. The van der Waals surface area contributed by atoms with Gasteiger partial charge in [0.25, 0.3) is 0 Å². The Kier molecular flexibility index (Phi) is 5.62. The van der Waals surface area contributed by atoms with Gasteiger partial charge in [0, 0.05) is 18.3 Å². The van der Waals surface area contributed by atoms with Crippen molar-refractivity contribution in [3.8, 4) is 0 Å². The molecule has 0 aromatic heterocycles. The van der Waals surface area contributed by atoms with E-state index in [1.165, 1.54) is 12.8 Å². The van der Waals surface area contributed by atoms with Gasteiger partial charge in [0.15, 0.2) is 0 Å². The van der Waals surface area contributed by atoms with Gasteiger partial charge < -0.3 is 15.3 Å². The molecule has 2 N–H and O–H groups in total. The average molecular weight is 290 g/mol. The summed E-state index contributed by atoms with van der Waals surface area (Å²) in [5.41, 5.74) is 1.64. The number of urea groups is 1. The van der Waals surface area contributed by atoms with Crippen LogP contribution in [0.4, 0.5) is 10.5 Å². The van der Waals surface area contributed by atoms with Gasteiger partial charge in [-0.15, -0.1) is 0 Å². The van der Waals surface area contributed by atoms with E-state index in [0.717, 1.165) is 37.1 Å². The van der Waals surface area contributed by atoms with Crippen LogP contribution in [0.15, 0.2) is 24.3 Å². The maximum absolute atomic E-state index is 12.5. The van der Waals surface area contributed by atoms with Crippen LogP contribution < -0.4 is 5.32 Å². The van der Waals surface area contributed by atoms with Gasteiger partial charge in [0.2, 0.25) is 0 Å². The number of hydrogen-bond donors (Lipinski definition) is 2. The molecule has 1 aliphatic heterocycles. The normalized spacial score (nSPS) is 20.7. The van der Waals surface area contributed by atoms with E-state index in [4.69, 9.17) is 0 Å². The number of benzene rings is 1. The summed E-state index contributed by atoms with van der Waals surface area (Å²) in [4.78, 5) is 14.5. The third-order valence-electron chi connectivity index (χ3n) is 4.25. The molecule has 0 spiro atoms. The van der Waals surface area contributed by atoms with Gasteiger partial charge in [0.05, 0.1) is 6.10 Å². The summed E-state index contributed by atoms with van der Waals surface area (Å²) in [6.45, 7) is 4.72. The van der Waals surface area contributed by atoms with E-state index in [1.54, 1.807) is 6.92 Å². The molecule has 21 heavy (non-hydrogen) atoms. The Balaban J connectivity index is 2.01. The molecule has 2 amide bonds. The highest BCUT2D eigenvalue weighted by Crippen LogP contribution is 2.21. The van der Waals surface area contributed by atoms with Crippen molar-refractivity contribution in [2.24, 2.45) is 0 Å². The fourth-order valence-corrected chi connectivity index (χ4v) is 2.91. The Morgan fingerprint density at radius 2 is 2.05 bits per heavy atom. The Morgan fingerprint density at radius 1 is 1.33 bits per heavy atom. The second-order valence-electron chi connectivity index (χ2n) is 5.83. The first-order valence-corrected chi connectivity index (χ1v) is 7.97. The van der Waals surface area contributed by atoms with Gasteiger partial charge in [0.1, 0.15) is 0 Å². The zero-order valence-corrected chi connectivity index (χ0v) is 13.0. The summed E-state index contributed by atoms with van der Waals surface area (Å²) in [6.07, 6.45) is 5.14. The number of rotatable bonds is 3. The predicted molar refractivity (Wildman–Crippen MR) is 85.3 cm³/mol. The molecule has 0 saturated carbocycles. The molecule has 0 bridgehead atoms. The summed E-state index contributed by atoms with van der Waals surface area (Å²) in [7, 11) is 0. The number of likely N-dealkylation sites (tertiary alicyclic amines) is 1. The molecule has 1 aliphatic rings. The van der Waals surface area contributed by atoms with Crippen LogP contribution in [0.3, 0.4) is 0 Å². The van der Waals surface area contributed by atoms with Crippen LogP contribution in [0.25, 0.3) is 0 Å². The molecule has 2 unspecified atom stereocenters. The molecule has 4 nitrogen and oxygen atoms in total. The van der Waals surface area contributed by atoms with Crippen molar-refractivity contribution in [2.75, 3.05) is 11.9 Å². The lowest BCUT2D eigenvalue weighted by molar-refractivity contribution is 0.187. The molecule has 0 aliphatic carbocycles. The van der Waals surface area contributed by atoms with Crippen LogP contribution in [0, 0.1) is 0 Å². The van der Waals surface area contributed by atoms with Crippen molar-refractivity contribution in [1.82, 2.24) is 4.90 Å². The third kappa shape index (κ3) is 4.21. The number of anilines is 1. The van der Waals surface area contributed by atoms with E-state index in [0.29, 0.717) is 6.04 Å². The van der Waals surface area contributed by atoms with Gasteiger partial charge in [-0.3, -0.25) is 0 Å². The first kappa shape index (κ1) is 15.8. The number of carbonyl (C=O) groups is 1. The number of aliphatic hydroxyl groups excluding tert-OH is 1. The monoisotopic (exact) mass is 290 g/mol. The predicted octanol–water partition coefficient (Wildman–Crippen LogP) is 3.93. The highest BCUT2D eigenvalue weighted by molar-refractivity contribution is 5.89. The lowest BCUT2D eigenvalue weighted by Gasteiger charge is -2.29. The zero-order chi connectivity index (χ0) is 15.2. The van der Waals surface area contributed by atoms with Crippen molar-refractivity contribution in [3.63, 3.8) is 0 Å². The molecule has 4 heteroatoms. The first-order valence-electron chi connectivity index (χ1n) is 7.97. The molecule has 1 heterocycles. The number of carbonyl (C=O) groups excluding carboxylic acids is 1. The second-order valence-corrected chi connectivity index (χ2v) is 5.83. The topological polar surface area (TPSA) is 52.6 Å². The van der Waals surface area contributed by atoms with E-state index in [2.05, 4.69) is 12.2 Å². The molecule has 1 saturated heterocycles. The average Bonchev–Trinajstić information content (AvgIpc) is 2.72. The Morgan fingerprint density at radius 3 is 2.67 bits per heavy atom. The van der Waals surface area contributed by atoms with Crippen molar-refractivity contribution in [3.05, 3.63) is 29.8 Å². The van der Waals surface area contributed by atoms with Gasteiger partial charge in [-0.25, -0.2) is 4.79 Å². The number of hydrogen-bond acceptors (Lipinski definition) is 2. The molecule has 116 valence electrons. The summed E-state index contributed by atoms with van der Waals surface area (Å²) in [6, 6.07) is 7.73. The van der Waals surface area contributed by atoms with Crippen LogP contribution in [0.2, 0.25) is 0 Å². The van der Waals surface area contributed by atoms with E-state index in [9.17, 15) is 9.90 Å². The van der Waals surface area contributed by atoms with Gasteiger partial charge in [-0.2, -0.15) is 0 Å². The second kappa shape index (κ2) is 7.46. The van der Waals surface area contributed by atoms with E-state index < -0.39 is 6.10 Å². The zero-order valence-electron chi connectivity index (χ0n) is 13.0. The fourth-order valence-electron chi connectivity index (χ4n) is 2.91. The molecule has 2 rings (SSSR count). The molecular weight excluding hydrogens is 264 g/mol.